The van der Waals surface area contributed by atoms with E-state index in [0.29, 0.717) is 0 Å². The van der Waals surface area contributed by atoms with Gasteiger partial charge in [0.2, 0.25) is 10.0 Å². The van der Waals surface area contributed by atoms with Gasteiger partial charge in [0.25, 0.3) is 0 Å². The summed E-state index contributed by atoms with van der Waals surface area (Å²) in [6, 6.07) is 3.96. The highest BCUT2D eigenvalue weighted by Crippen LogP contribution is 2.24. The van der Waals surface area contributed by atoms with Crippen molar-refractivity contribution in [2.45, 2.75) is 4.90 Å². The normalized spacial score (nSPS) is 10.9. The molecular weight excluding hydrogens is 323 g/mol. The number of nitrogens with two attached hydrogens (primary N) is 1. The molecule has 92 valence electrons. The average Bonchev–Trinajstić information content (AvgIpc) is 2.14. The van der Waals surface area contributed by atoms with E-state index in [1.807, 2.05) is 0 Å². The molecular formula is C8H11BrClFN2O2S. The standard InChI is InChI=1S/C8H10BrFN2O2S.ClH/c9-6-2-1-3-7(10)8(6)15(13,14)12-5-4-11;/h1-3,12H,4-5,11H2;1H. The third kappa shape index (κ3) is 3.67. The molecule has 1 rings (SSSR count). The molecule has 0 heterocycles. The molecule has 0 saturated heterocycles. The fourth-order valence-electron chi connectivity index (χ4n) is 1.00. The van der Waals surface area contributed by atoms with Gasteiger partial charge in [0.15, 0.2) is 0 Å². The molecule has 16 heavy (non-hydrogen) atoms. The van der Waals surface area contributed by atoms with Crippen molar-refractivity contribution in [1.29, 1.82) is 0 Å². The number of sulfonamides is 1. The van der Waals surface area contributed by atoms with Crippen molar-refractivity contribution < 1.29 is 12.8 Å². The molecule has 0 aliphatic heterocycles. The largest absolute Gasteiger partial charge is 0.329 e. The van der Waals surface area contributed by atoms with Gasteiger partial charge in [0.05, 0.1) is 0 Å². The van der Waals surface area contributed by atoms with Crippen LogP contribution in [0.2, 0.25) is 0 Å². The number of hydrogen-bond donors (Lipinski definition) is 2. The van der Waals surface area contributed by atoms with Gasteiger partial charge in [-0.15, -0.1) is 12.4 Å². The number of halogens is 3. The van der Waals surface area contributed by atoms with E-state index in [4.69, 9.17) is 5.73 Å². The second-order valence-electron chi connectivity index (χ2n) is 2.74. The molecule has 3 N–H and O–H groups in total. The topological polar surface area (TPSA) is 72.2 Å². The van der Waals surface area contributed by atoms with Crippen LogP contribution in [0.25, 0.3) is 0 Å². The van der Waals surface area contributed by atoms with Gasteiger partial charge in [-0.1, -0.05) is 6.07 Å². The SMILES string of the molecule is Cl.NCCNS(=O)(=O)c1c(F)cccc1Br. The lowest BCUT2D eigenvalue weighted by Gasteiger charge is -2.08. The first-order chi connectivity index (χ1) is 6.99. The Balaban J connectivity index is 0.00000225. The molecule has 4 nitrogen and oxygen atoms in total. The van der Waals surface area contributed by atoms with Crippen LogP contribution in [0.3, 0.4) is 0 Å². The van der Waals surface area contributed by atoms with Crippen LogP contribution in [0.4, 0.5) is 4.39 Å². The van der Waals surface area contributed by atoms with Crippen LogP contribution >= 0.6 is 28.3 Å². The van der Waals surface area contributed by atoms with Crippen molar-refractivity contribution >= 4 is 38.4 Å². The van der Waals surface area contributed by atoms with E-state index < -0.39 is 20.7 Å². The lowest BCUT2D eigenvalue weighted by atomic mass is 10.3. The second kappa shape index (κ2) is 6.51. The molecule has 8 heteroatoms. The minimum absolute atomic E-state index is 0. The molecule has 0 spiro atoms. The van der Waals surface area contributed by atoms with Crippen LogP contribution in [-0.2, 0) is 10.0 Å². The molecule has 0 amide bonds. The third-order valence-corrected chi connectivity index (χ3v) is 4.08. The lowest BCUT2D eigenvalue weighted by Crippen LogP contribution is -2.30. The second-order valence-corrected chi connectivity index (χ2v) is 5.30. The van der Waals surface area contributed by atoms with Crippen LogP contribution in [0.1, 0.15) is 0 Å². The van der Waals surface area contributed by atoms with Gasteiger partial charge in [0, 0.05) is 17.6 Å². The predicted octanol–water partition coefficient (Wildman–Crippen LogP) is 1.25. The summed E-state index contributed by atoms with van der Waals surface area (Å²) in [4.78, 5) is -0.390. The van der Waals surface area contributed by atoms with Gasteiger partial charge >= 0.3 is 0 Å². The number of benzene rings is 1. The Labute approximate surface area is 108 Å². The van der Waals surface area contributed by atoms with Crippen LogP contribution < -0.4 is 10.5 Å². The highest BCUT2D eigenvalue weighted by Gasteiger charge is 2.21. The molecule has 0 aliphatic carbocycles. The average molecular weight is 334 g/mol. The molecule has 0 atom stereocenters. The zero-order valence-corrected chi connectivity index (χ0v) is 11.3. The molecule has 0 unspecified atom stereocenters. The first-order valence-electron chi connectivity index (χ1n) is 4.13. The van der Waals surface area contributed by atoms with Crippen LogP contribution in [0.15, 0.2) is 27.6 Å². The van der Waals surface area contributed by atoms with Crippen LogP contribution in [0, 0.1) is 5.82 Å². The van der Waals surface area contributed by atoms with Crippen molar-refractivity contribution in [1.82, 2.24) is 4.72 Å². The fourth-order valence-corrected chi connectivity index (χ4v) is 3.17. The van der Waals surface area contributed by atoms with E-state index >= 15 is 0 Å². The minimum Gasteiger partial charge on any atom is -0.329 e. The van der Waals surface area contributed by atoms with Crippen molar-refractivity contribution in [3.8, 4) is 0 Å². The summed E-state index contributed by atoms with van der Waals surface area (Å²) < 4.78 is 38.9. The number of rotatable bonds is 4. The Hall–Kier alpha value is -0.210. The molecule has 1 aromatic carbocycles. The Morgan fingerprint density at radius 2 is 2.06 bits per heavy atom. The summed E-state index contributed by atoms with van der Waals surface area (Å²) in [6.45, 7) is 0.231. The van der Waals surface area contributed by atoms with Crippen molar-refractivity contribution in [2.24, 2.45) is 5.73 Å². The summed E-state index contributed by atoms with van der Waals surface area (Å²) in [7, 11) is -3.84. The maximum Gasteiger partial charge on any atom is 0.244 e. The van der Waals surface area contributed by atoms with Crippen molar-refractivity contribution in [3.05, 3.63) is 28.5 Å². The highest BCUT2D eigenvalue weighted by atomic mass is 79.9. The van der Waals surface area contributed by atoms with Gasteiger partial charge < -0.3 is 5.73 Å². The summed E-state index contributed by atoms with van der Waals surface area (Å²) in [5.74, 6) is -0.797. The lowest BCUT2D eigenvalue weighted by molar-refractivity contribution is 0.556. The molecule has 0 aromatic heterocycles. The monoisotopic (exact) mass is 332 g/mol. The van der Waals surface area contributed by atoms with Crippen molar-refractivity contribution in [3.63, 3.8) is 0 Å². The molecule has 0 aliphatic rings. The van der Waals surface area contributed by atoms with Gasteiger partial charge in [-0.3, -0.25) is 0 Å². The van der Waals surface area contributed by atoms with Gasteiger partial charge in [-0.25, -0.2) is 17.5 Å². The van der Waals surface area contributed by atoms with E-state index in [2.05, 4.69) is 20.7 Å². The van der Waals surface area contributed by atoms with Crippen LogP contribution in [-0.4, -0.2) is 21.5 Å². The summed E-state index contributed by atoms with van der Waals surface area (Å²) in [6.07, 6.45) is 0. The van der Waals surface area contributed by atoms with E-state index in [-0.39, 0.29) is 30.0 Å². The van der Waals surface area contributed by atoms with Gasteiger partial charge in [0.1, 0.15) is 10.7 Å². The fraction of sp³-hybridized carbons (Fsp3) is 0.250. The van der Waals surface area contributed by atoms with E-state index in [9.17, 15) is 12.8 Å². The van der Waals surface area contributed by atoms with E-state index in [0.717, 1.165) is 6.07 Å². The Kier molecular flexibility index (Phi) is 6.42. The quantitative estimate of drug-likeness (QED) is 0.871. The third-order valence-electron chi connectivity index (χ3n) is 1.62. The summed E-state index contributed by atoms with van der Waals surface area (Å²) >= 11 is 2.98. The molecule has 0 radical (unpaired) electrons. The van der Waals surface area contributed by atoms with E-state index in [1.54, 1.807) is 0 Å². The number of hydrogen-bond acceptors (Lipinski definition) is 3. The zero-order valence-electron chi connectivity index (χ0n) is 8.11. The molecule has 0 bridgehead atoms. The Bertz CT molecular complexity index is 435. The molecule has 0 saturated carbocycles. The number of nitrogens with one attached hydrogen (secondary N) is 1. The highest BCUT2D eigenvalue weighted by molar-refractivity contribution is 9.10. The maximum atomic E-state index is 13.3. The smallest absolute Gasteiger partial charge is 0.244 e. The molecule has 1 aromatic rings. The maximum absolute atomic E-state index is 13.3. The molecule has 0 fully saturated rings. The van der Waals surface area contributed by atoms with Crippen LogP contribution in [0.5, 0.6) is 0 Å². The van der Waals surface area contributed by atoms with Gasteiger partial charge in [-0.2, -0.15) is 0 Å². The Morgan fingerprint density at radius 1 is 1.44 bits per heavy atom. The summed E-state index contributed by atoms with van der Waals surface area (Å²) in [5, 5.41) is 0. The van der Waals surface area contributed by atoms with Gasteiger partial charge in [-0.05, 0) is 28.1 Å². The first-order valence-corrected chi connectivity index (χ1v) is 6.40. The Morgan fingerprint density at radius 3 is 2.56 bits per heavy atom. The zero-order chi connectivity index (χ0) is 11.5. The summed E-state index contributed by atoms with van der Waals surface area (Å²) in [5.41, 5.74) is 5.16. The predicted molar refractivity (Wildman–Crippen MR) is 65.6 cm³/mol. The first kappa shape index (κ1) is 15.8. The van der Waals surface area contributed by atoms with Crippen molar-refractivity contribution in [2.75, 3.05) is 13.1 Å². The van der Waals surface area contributed by atoms with E-state index in [1.165, 1.54) is 12.1 Å². The minimum atomic E-state index is -3.84.